The Morgan fingerprint density at radius 1 is 1.20 bits per heavy atom. The third-order valence-corrected chi connectivity index (χ3v) is 1.97. The summed E-state index contributed by atoms with van der Waals surface area (Å²) in [7, 11) is 0. The summed E-state index contributed by atoms with van der Waals surface area (Å²) < 4.78 is 8.09. The molecule has 0 aliphatic carbocycles. The number of amidine groups is 1. The summed E-state index contributed by atoms with van der Waals surface area (Å²) in [5, 5.41) is 12.1. The highest BCUT2D eigenvalue weighted by molar-refractivity contribution is 6.65. The molecular weight excluding hydrogens is 290 g/mol. The van der Waals surface area contributed by atoms with Gasteiger partial charge in [0.25, 0.3) is 0 Å². The minimum absolute atomic E-state index is 0.542. The van der Waals surface area contributed by atoms with Gasteiger partial charge in [-0.25, -0.2) is 9.59 Å². The molecule has 0 aliphatic heterocycles. The van der Waals surface area contributed by atoms with Crippen molar-refractivity contribution in [2.75, 3.05) is 0 Å². The van der Waals surface area contributed by atoms with E-state index < -0.39 is 34.7 Å². The van der Waals surface area contributed by atoms with Crippen LogP contribution in [0.2, 0.25) is 0 Å². The van der Waals surface area contributed by atoms with Crippen LogP contribution in [-0.2, 0) is 19.2 Å². The van der Waals surface area contributed by atoms with Crippen molar-refractivity contribution in [2.45, 2.75) is 45.8 Å². The zero-order chi connectivity index (χ0) is 16.1. The van der Waals surface area contributed by atoms with Crippen LogP contribution in [0.4, 0.5) is 0 Å². The van der Waals surface area contributed by atoms with Crippen LogP contribution in [0.3, 0.4) is 0 Å². The minimum Gasteiger partial charge on any atom is -0.476 e. The summed E-state index contributed by atoms with van der Waals surface area (Å²) in [5.41, 5.74) is 2.31. The quantitative estimate of drug-likeness (QED) is 0.339. The largest absolute Gasteiger partial charge is 0.476 e. The Morgan fingerprint density at radius 3 is 2.05 bits per heavy atom. The van der Waals surface area contributed by atoms with Crippen molar-refractivity contribution in [2.24, 2.45) is 15.4 Å². The predicted molar refractivity (Wildman–Crippen MR) is 73.6 cm³/mol. The molecule has 0 aliphatic rings. The molecule has 0 aromatic carbocycles. The van der Waals surface area contributed by atoms with Crippen molar-refractivity contribution in [1.29, 1.82) is 0 Å². The first kappa shape index (κ1) is 18.2. The number of nitrogens with zero attached hydrogens (tertiary/aromatic N) is 2. The van der Waals surface area contributed by atoms with E-state index in [9.17, 15) is 9.59 Å². The first-order valence-corrected chi connectivity index (χ1v) is 5.92. The Hall–Kier alpha value is -1.83. The van der Waals surface area contributed by atoms with Gasteiger partial charge in [0.15, 0.2) is 5.84 Å². The van der Waals surface area contributed by atoms with E-state index in [1.54, 1.807) is 20.8 Å². The van der Waals surface area contributed by atoms with Gasteiger partial charge in [-0.1, -0.05) is 5.16 Å². The Balaban J connectivity index is 5.09. The fraction of sp³-hybridized carbons (Fsp3) is 0.636. The van der Waals surface area contributed by atoms with Crippen molar-refractivity contribution in [1.82, 2.24) is 0 Å². The lowest BCUT2D eigenvalue weighted by Crippen LogP contribution is -2.41. The third-order valence-electron chi connectivity index (χ3n) is 1.79. The van der Waals surface area contributed by atoms with Crippen molar-refractivity contribution >= 4 is 35.3 Å². The molecule has 0 spiro atoms. The van der Waals surface area contributed by atoms with Crippen molar-refractivity contribution in [3.8, 4) is 0 Å². The number of carboxylic acid groups (broad SMARTS) is 1. The summed E-state index contributed by atoms with van der Waals surface area (Å²) >= 11 is 5.06. The number of hydrogen-bond acceptors (Lipinski definition) is 6. The maximum atomic E-state index is 11.9. The number of rotatable bonds is 5. The number of halogens is 1. The standard InChI is InChI=1S/C11H18ClN3O5/c1-10(2,3)19-9(18)11(4,5)20-15-6(8(16)17)7(13)14-12/h1-5H3,(H2,13,14)(H,16,17). The van der Waals surface area contributed by atoms with Gasteiger partial charge in [-0.2, -0.15) is 4.51 Å². The second-order valence-electron chi connectivity index (χ2n) is 5.32. The number of aliphatic carboxylic acids is 1. The van der Waals surface area contributed by atoms with Gasteiger partial charge >= 0.3 is 11.9 Å². The molecule has 0 heterocycles. The average molecular weight is 308 g/mol. The molecule has 0 saturated carbocycles. The summed E-state index contributed by atoms with van der Waals surface area (Å²) in [6.45, 7) is 7.80. The molecule has 0 saturated heterocycles. The number of carboxylic acids is 1. The van der Waals surface area contributed by atoms with E-state index in [0.29, 0.717) is 0 Å². The predicted octanol–water partition coefficient (Wildman–Crippen LogP) is 1.07. The van der Waals surface area contributed by atoms with Crippen LogP contribution in [0.15, 0.2) is 9.67 Å². The smallest absolute Gasteiger partial charge is 0.361 e. The molecule has 20 heavy (non-hydrogen) atoms. The Kier molecular flexibility index (Phi) is 5.96. The Morgan fingerprint density at radius 2 is 1.70 bits per heavy atom. The molecule has 3 N–H and O–H groups in total. The summed E-state index contributed by atoms with van der Waals surface area (Å²) in [6.07, 6.45) is 0. The minimum atomic E-state index is -1.50. The van der Waals surface area contributed by atoms with E-state index in [-0.39, 0.29) is 0 Å². The molecule has 114 valence electrons. The first-order valence-electron chi connectivity index (χ1n) is 5.58. The van der Waals surface area contributed by atoms with Gasteiger partial charge in [-0.05, 0) is 34.6 Å². The fourth-order valence-electron chi connectivity index (χ4n) is 0.833. The summed E-state index contributed by atoms with van der Waals surface area (Å²) in [5.74, 6) is -2.74. The van der Waals surface area contributed by atoms with Crippen LogP contribution in [-0.4, -0.2) is 39.8 Å². The Bertz CT molecular complexity index is 451. The van der Waals surface area contributed by atoms with Crippen molar-refractivity contribution in [3.05, 3.63) is 0 Å². The second kappa shape index (κ2) is 6.56. The monoisotopic (exact) mass is 307 g/mol. The molecule has 0 aromatic heterocycles. The maximum Gasteiger partial charge on any atom is 0.361 e. The van der Waals surface area contributed by atoms with E-state index in [1.165, 1.54) is 13.8 Å². The third kappa shape index (κ3) is 5.87. The van der Waals surface area contributed by atoms with Crippen LogP contribution >= 0.6 is 11.8 Å². The van der Waals surface area contributed by atoms with E-state index >= 15 is 0 Å². The number of hydrogen-bond donors (Lipinski definition) is 2. The molecule has 0 unspecified atom stereocenters. The van der Waals surface area contributed by atoms with Gasteiger partial charge in [-0.3, -0.25) is 0 Å². The molecular formula is C11H18ClN3O5. The highest BCUT2D eigenvalue weighted by Crippen LogP contribution is 2.17. The molecule has 0 radical (unpaired) electrons. The van der Waals surface area contributed by atoms with E-state index in [4.69, 9.17) is 32.2 Å². The lowest BCUT2D eigenvalue weighted by molar-refractivity contribution is -0.179. The molecule has 0 fully saturated rings. The van der Waals surface area contributed by atoms with Gasteiger partial charge in [0.05, 0.1) is 0 Å². The van der Waals surface area contributed by atoms with E-state index in [2.05, 4.69) is 9.67 Å². The van der Waals surface area contributed by atoms with Crippen LogP contribution in [0, 0.1) is 0 Å². The number of nitrogens with two attached hydrogens (primary N) is 1. The number of ether oxygens (including phenoxy) is 1. The lowest BCUT2D eigenvalue weighted by Gasteiger charge is -2.26. The highest BCUT2D eigenvalue weighted by atomic mass is 35.5. The maximum absolute atomic E-state index is 11.9. The number of carbonyl (C=O) groups excluding carboxylic acids is 1. The molecule has 8 nitrogen and oxygen atoms in total. The van der Waals surface area contributed by atoms with Crippen molar-refractivity contribution < 1.29 is 24.3 Å². The zero-order valence-corrected chi connectivity index (χ0v) is 12.7. The first-order chi connectivity index (χ1) is 8.90. The normalized spacial score (nSPS) is 13.9. The van der Waals surface area contributed by atoms with Crippen LogP contribution in [0.1, 0.15) is 34.6 Å². The van der Waals surface area contributed by atoms with Crippen LogP contribution < -0.4 is 5.73 Å². The van der Waals surface area contributed by atoms with E-state index in [0.717, 1.165) is 0 Å². The van der Waals surface area contributed by atoms with Gasteiger partial charge < -0.3 is 20.4 Å². The SMILES string of the molecule is CC(C)(C)OC(=O)C(C)(C)ON=C(C(=O)O)C(N)=NCl. The summed E-state index contributed by atoms with van der Waals surface area (Å²) in [4.78, 5) is 27.6. The van der Waals surface area contributed by atoms with Crippen LogP contribution in [0.5, 0.6) is 0 Å². The second-order valence-corrected chi connectivity index (χ2v) is 5.49. The van der Waals surface area contributed by atoms with Gasteiger partial charge in [0, 0.05) is 11.8 Å². The van der Waals surface area contributed by atoms with Crippen LogP contribution in [0.25, 0.3) is 0 Å². The number of carbonyl (C=O) groups is 2. The molecule has 0 atom stereocenters. The van der Waals surface area contributed by atoms with Gasteiger partial charge in [0.1, 0.15) is 5.60 Å². The topological polar surface area (TPSA) is 124 Å². The molecule has 9 heteroatoms. The highest BCUT2D eigenvalue weighted by Gasteiger charge is 2.35. The van der Waals surface area contributed by atoms with Gasteiger partial charge in [0.2, 0.25) is 11.3 Å². The molecule has 0 aromatic rings. The Labute approximate surface area is 121 Å². The van der Waals surface area contributed by atoms with Gasteiger partial charge in [-0.15, -0.1) is 0 Å². The average Bonchev–Trinajstić information content (AvgIpc) is 2.25. The number of oxime groups is 1. The summed E-state index contributed by atoms with van der Waals surface area (Å²) in [6, 6.07) is 0. The number of esters is 1. The molecule has 0 bridgehead atoms. The van der Waals surface area contributed by atoms with E-state index in [1.807, 2.05) is 0 Å². The zero-order valence-electron chi connectivity index (χ0n) is 11.9. The molecule has 0 rings (SSSR count). The lowest BCUT2D eigenvalue weighted by atomic mass is 10.1. The molecule has 0 amide bonds. The van der Waals surface area contributed by atoms with Crippen molar-refractivity contribution in [3.63, 3.8) is 0 Å². The fourth-order valence-corrected chi connectivity index (χ4v) is 0.913.